The number of aliphatic hydroxyl groups is 1. The van der Waals surface area contributed by atoms with Gasteiger partial charge in [-0.3, -0.25) is 9.59 Å². The summed E-state index contributed by atoms with van der Waals surface area (Å²) in [6, 6.07) is 0. The Morgan fingerprint density at radius 2 is 0.529 bits per heavy atom. The van der Waals surface area contributed by atoms with Crippen molar-refractivity contribution in [2.45, 2.75) is 380 Å². The molecule has 0 bridgehead atoms. The molecule has 0 aromatic rings. The number of carbonyl (C=O) groups excluding carboxylic acids is 2. The van der Waals surface area contributed by atoms with Crippen molar-refractivity contribution < 1.29 is 24.2 Å². The van der Waals surface area contributed by atoms with E-state index in [1.54, 1.807) is 0 Å². The fourth-order valence-electron chi connectivity index (χ4n) is 10.2. The molecule has 70 heavy (non-hydrogen) atoms. The quantitative estimate of drug-likeness (QED) is 0.0373. The minimum Gasteiger partial charge on any atom is -0.462 e. The van der Waals surface area contributed by atoms with E-state index < -0.39 is 6.10 Å². The predicted molar refractivity (Wildman–Crippen MR) is 307 cm³/mol. The highest BCUT2D eigenvalue weighted by Crippen LogP contribution is 2.19. The number of hydrogen-bond acceptors (Lipinski definition) is 5. The second kappa shape index (κ2) is 61.9. The number of allylic oxidation sites excluding steroid dienone is 2. The molecule has 1 N–H and O–H groups in total. The van der Waals surface area contributed by atoms with Crippen LogP contribution in [-0.4, -0.2) is 36.4 Å². The van der Waals surface area contributed by atoms with E-state index in [0.29, 0.717) is 12.8 Å². The minimum absolute atomic E-state index is 0.0622. The average molecular weight is 988 g/mol. The second-order valence-corrected chi connectivity index (χ2v) is 22.2. The maximum absolute atomic E-state index is 12.3. The van der Waals surface area contributed by atoms with Crippen LogP contribution in [-0.2, 0) is 19.1 Å². The first-order valence-corrected chi connectivity index (χ1v) is 32.2. The molecule has 1 atom stereocenters. The van der Waals surface area contributed by atoms with Gasteiger partial charge in [-0.25, -0.2) is 0 Å². The molecule has 0 saturated carbocycles. The van der Waals surface area contributed by atoms with Crippen molar-refractivity contribution in [2.24, 2.45) is 0 Å². The molecule has 0 rings (SSSR count). The number of carbonyl (C=O) groups is 2. The van der Waals surface area contributed by atoms with Crippen LogP contribution in [0.15, 0.2) is 12.2 Å². The SMILES string of the molecule is CCCCCCCCC/C=C\CCCCCCCC(=O)OC(CO)COC(=O)CCCCCCCCCCCCCCCCCCCCCCCCCCCCCCCCCCCCCCCCCC. The summed E-state index contributed by atoms with van der Waals surface area (Å²) < 4.78 is 10.7. The fraction of sp³-hybridized carbons (Fsp3) is 0.938. The standard InChI is InChI=1S/C65H126O5/c1-3-5-7-9-11-13-15-17-19-21-22-23-24-25-26-27-28-29-30-31-32-33-34-35-36-37-38-39-40-41-42-43-44-46-47-49-51-53-55-57-59-64(67)69-62-63(61-66)70-65(68)60-58-56-54-52-50-48-45-20-18-16-14-12-10-8-6-4-2/h20,45,63,66H,3-19,21-44,46-62H2,1-2H3/b45-20-. The zero-order valence-electron chi connectivity index (χ0n) is 47.8. The lowest BCUT2D eigenvalue weighted by Gasteiger charge is -2.15. The van der Waals surface area contributed by atoms with Crippen molar-refractivity contribution in [2.75, 3.05) is 13.2 Å². The summed E-state index contributed by atoms with van der Waals surface area (Å²) >= 11 is 0. The first-order valence-electron chi connectivity index (χ1n) is 32.2. The summed E-state index contributed by atoms with van der Waals surface area (Å²) in [5.41, 5.74) is 0. The second-order valence-electron chi connectivity index (χ2n) is 22.2. The van der Waals surface area contributed by atoms with Crippen molar-refractivity contribution >= 4 is 11.9 Å². The Morgan fingerprint density at radius 1 is 0.314 bits per heavy atom. The van der Waals surface area contributed by atoms with Gasteiger partial charge in [-0.1, -0.05) is 334 Å². The number of esters is 2. The molecule has 0 aliphatic carbocycles. The molecule has 5 nitrogen and oxygen atoms in total. The number of aliphatic hydroxyl groups excluding tert-OH is 1. The summed E-state index contributed by atoms with van der Waals surface area (Å²) in [4.78, 5) is 24.5. The Balaban J connectivity index is 3.32. The van der Waals surface area contributed by atoms with Crippen molar-refractivity contribution in [1.82, 2.24) is 0 Å². The van der Waals surface area contributed by atoms with E-state index >= 15 is 0 Å². The van der Waals surface area contributed by atoms with Gasteiger partial charge >= 0.3 is 11.9 Å². The van der Waals surface area contributed by atoms with E-state index in [1.807, 2.05) is 0 Å². The molecule has 0 radical (unpaired) electrons. The topological polar surface area (TPSA) is 72.8 Å². The van der Waals surface area contributed by atoms with E-state index in [9.17, 15) is 14.7 Å². The van der Waals surface area contributed by atoms with Crippen LogP contribution in [0.4, 0.5) is 0 Å². The fourth-order valence-corrected chi connectivity index (χ4v) is 10.2. The highest BCUT2D eigenvalue weighted by molar-refractivity contribution is 5.70. The van der Waals surface area contributed by atoms with E-state index in [4.69, 9.17) is 9.47 Å². The largest absolute Gasteiger partial charge is 0.462 e. The summed E-state index contributed by atoms with van der Waals surface area (Å²) in [7, 11) is 0. The van der Waals surface area contributed by atoms with Gasteiger partial charge in [0.05, 0.1) is 6.61 Å². The lowest BCUT2D eigenvalue weighted by molar-refractivity contribution is -0.161. The molecule has 0 heterocycles. The van der Waals surface area contributed by atoms with E-state index in [2.05, 4.69) is 26.0 Å². The van der Waals surface area contributed by atoms with Crippen molar-refractivity contribution in [3.63, 3.8) is 0 Å². The van der Waals surface area contributed by atoms with Crippen LogP contribution in [0, 0.1) is 0 Å². The van der Waals surface area contributed by atoms with Crippen molar-refractivity contribution in [3.05, 3.63) is 12.2 Å². The molecule has 5 heteroatoms. The molecule has 0 aliphatic heterocycles. The zero-order chi connectivity index (χ0) is 50.6. The Kier molecular flexibility index (Phi) is 60.7. The van der Waals surface area contributed by atoms with Gasteiger partial charge in [-0.2, -0.15) is 0 Å². The number of ether oxygens (including phenoxy) is 2. The van der Waals surface area contributed by atoms with E-state index in [0.717, 1.165) is 38.5 Å². The Labute approximate surface area is 439 Å². The summed E-state index contributed by atoms with van der Waals surface area (Å²) in [5, 5.41) is 9.64. The highest BCUT2D eigenvalue weighted by atomic mass is 16.6. The monoisotopic (exact) mass is 987 g/mol. The predicted octanol–water partition coefficient (Wildman–Crippen LogP) is 21.9. The Hall–Kier alpha value is -1.36. The van der Waals surface area contributed by atoms with Crippen LogP contribution < -0.4 is 0 Å². The van der Waals surface area contributed by atoms with Crippen molar-refractivity contribution in [3.8, 4) is 0 Å². The van der Waals surface area contributed by atoms with Crippen LogP contribution >= 0.6 is 0 Å². The first-order chi connectivity index (χ1) is 34.6. The van der Waals surface area contributed by atoms with Gasteiger partial charge in [-0.05, 0) is 38.5 Å². The molecule has 416 valence electrons. The summed E-state index contributed by atoms with van der Waals surface area (Å²) in [6.45, 7) is 4.19. The highest BCUT2D eigenvalue weighted by Gasteiger charge is 2.16. The number of rotatable bonds is 61. The van der Waals surface area contributed by atoms with Gasteiger partial charge in [0, 0.05) is 12.8 Å². The third-order valence-electron chi connectivity index (χ3n) is 15.1. The maximum Gasteiger partial charge on any atom is 0.306 e. The van der Waals surface area contributed by atoms with Gasteiger partial charge < -0.3 is 14.6 Å². The molecule has 0 amide bonds. The smallest absolute Gasteiger partial charge is 0.306 e. The molecule has 0 spiro atoms. The third-order valence-corrected chi connectivity index (χ3v) is 15.1. The van der Waals surface area contributed by atoms with Gasteiger partial charge in [0.15, 0.2) is 6.10 Å². The zero-order valence-corrected chi connectivity index (χ0v) is 47.8. The van der Waals surface area contributed by atoms with Crippen LogP contribution in [0.5, 0.6) is 0 Å². The molecule has 0 aromatic carbocycles. The van der Waals surface area contributed by atoms with Gasteiger partial charge in [0.1, 0.15) is 6.61 Å². The summed E-state index contributed by atoms with van der Waals surface area (Å²) in [5.74, 6) is -0.579. The average Bonchev–Trinajstić information content (AvgIpc) is 3.36. The lowest BCUT2D eigenvalue weighted by Crippen LogP contribution is -2.28. The van der Waals surface area contributed by atoms with Gasteiger partial charge in [0.25, 0.3) is 0 Å². The molecule has 0 aromatic heterocycles. The molecule has 1 unspecified atom stereocenters. The van der Waals surface area contributed by atoms with E-state index in [1.165, 1.54) is 308 Å². The Morgan fingerprint density at radius 3 is 0.771 bits per heavy atom. The molecule has 0 aliphatic rings. The van der Waals surface area contributed by atoms with Crippen LogP contribution in [0.25, 0.3) is 0 Å². The van der Waals surface area contributed by atoms with Gasteiger partial charge in [-0.15, -0.1) is 0 Å². The Bertz CT molecular complexity index is 1030. The first kappa shape index (κ1) is 68.6. The maximum atomic E-state index is 12.3. The molecular weight excluding hydrogens is 861 g/mol. The number of unbranched alkanes of at least 4 members (excludes halogenated alkanes) is 51. The lowest BCUT2D eigenvalue weighted by atomic mass is 10.0. The van der Waals surface area contributed by atoms with Crippen LogP contribution in [0.2, 0.25) is 0 Å². The molecule has 0 fully saturated rings. The van der Waals surface area contributed by atoms with Crippen LogP contribution in [0.3, 0.4) is 0 Å². The van der Waals surface area contributed by atoms with Gasteiger partial charge in [0.2, 0.25) is 0 Å². The molecule has 0 saturated heterocycles. The van der Waals surface area contributed by atoms with Crippen LogP contribution in [0.1, 0.15) is 373 Å². The molecular formula is C65H126O5. The van der Waals surface area contributed by atoms with Crippen molar-refractivity contribution in [1.29, 1.82) is 0 Å². The minimum atomic E-state index is -0.771. The van der Waals surface area contributed by atoms with E-state index in [-0.39, 0.29) is 25.2 Å². The number of hydrogen-bond donors (Lipinski definition) is 1. The normalized spacial score (nSPS) is 12.1. The summed E-state index contributed by atoms with van der Waals surface area (Å²) in [6.07, 6.45) is 78.2. The third kappa shape index (κ3) is 59.2.